The number of thioether (sulfide) groups is 1. The first kappa shape index (κ1) is 15.8. The lowest BCUT2D eigenvalue weighted by molar-refractivity contribution is 0.547. The summed E-state index contributed by atoms with van der Waals surface area (Å²) in [5.74, 6) is 0. The molecule has 1 aliphatic heterocycles. The summed E-state index contributed by atoms with van der Waals surface area (Å²) >= 11 is 1.78. The van der Waals surface area contributed by atoms with Crippen LogP contribution in [0.3, 0.4) is 0 Å². The van der Waals surface area contributed by atoms with Crippen molar-refractivity contribution >= 4 is 22.6 Å². The van der Waals surface area contributed by atoms with E-state index < -0.39 is 0 Å². The standard InChI is InChI=1S/C19H21N3S/c1-3-14-20-19-22(2)21-17(15-10-6-4-7-11-15)18(23-19)16-12-8-5-9-13-16/h4-13,18H,3,14H2,1-2H3. The quantitative estimate of drug-likeness (QED) is 0.824. The maximum atomic E-state index is 4.84. The summed E-state index contributed by atoms with van der Waals surface area (Å²) in [6.07, 6.45) is 1.04. The molecule has 1 heterocycles. The average Bonchev–Trinajstić information content (AvgIpc) is 2.62. The molecule has 1 aliphatic rings. The molecule has 0 saturated heterocycles. The highest BCUT2D eigenvalue weighted by Gasteiger charge is 2.29. The summed E-state index contributed by atoms with van der Waals surface area (Å²) in [5, 5.41) is 7.91. The molecule has 0 amide bonds. The minimum Gasteiger partial charge on any atom is -0.261 e. The molecule has 2 aromatic carbocycles. The minimum atomic E-state index is 0.172. The lowest BCUT2D eigenvalue weighted by atomic mass is 10.0. The Kier molecular flexibility index (Phi) is 5.13. The van der Waals surface area contributed by atoms with Crippen molar-refractivity contribution in [3.63, 3.8) is 0 Å². The van der Waals surface area contributed by atoms with E-state index in [2.05, 4.69) is 66.5 Å². The summed E-state index contributed by atoms with van der Waals surface area (Å²) < 4.78 is 0. The zero-order valence-electron chi connectivity index (χ0n) is 13.5. The van der Waals surface area contributed by atoms with Gasteiger partial charge in [-0.25, -0.2) is 5.01 Å². The van der Waals surface area contributed by atoms with Crippen LogP contribution in [0.15, 0.2) is 70.8 Å². The van der Waals surface area contributed by atoms with E-state index in [-0.39, 0.29) is 5.25 Å². The third-order valence-corrected chi connectivity index (χ3v) is 4.98. The van der Waals surface area contributed by atoms with Crippen LogP contribution in [-0.4, -0.2) is 29.5 Å². The van der Waals surface area contributed by atoms with E-state index in [9.17, 15) is 0 Å². The van der Waals surface area contributed by atoms with Gasteiger partial charge in [-0.3, -0.25) is 4.99 Å². The van der Waals surface area contributed by atoms with Gasteiger partial charge in [0, 0.05) is 13.6 Å². The van der Waals surface area contributed by atoms with Gasteiger partial charge in [-0.2, -0.15) is 5.10 Å². The fraction of sp³-hybridized carbons (Fsp3) is 0.263. The van der Waals surface area contributed by atoms with E-state index in [1.54, 1.807) is 11.8 Å². The fourth-order valence-electron chi connectivity index (χ4n) is 2.51. The van der Waals surface area contributed by atoms with Crippen LogP contribution in [0.4, 0.5) is 0 Å². The van der Waals surface area contributed by atoms with Crippen molar-refractivity contribution in [2.24, 2.45) is 10.1 Å². The molecular weight excluding hydrogens is 302 g/mol. The molecule has 0 spiro atoms. The van der Waals surface area contributed by atoms with Gasteiger partial charge in [0.15, 0.2) is 5.17 Å². The maximum absolute atomic E-state index is 4.84. The van der Waals surface area contributed by atoms with Crippen LogP contribution < -0.4 is 0 Å². The number of benzene rings is 2. The smallest absolute Gasteiger partial charge is 0.180 e. The Hall–Kier alpha value is -2.07. The van der Waals surface area contributed by atoms with Crippen molar-refractivity contribution in [1.82, 2.24) is 5.01 Å². The molecule has 3 rings (SSSR count). The lowest BCUT2D eigenvalue weighted by Gasteiger charge is -2.29. The van der Waals surface area contributed by atoms with Gasteiger partial charge < -0.3 is 0 Å². The van der Waals surface area contributed by atoms with E-state index in [1.165, 1.54) is 5.56 Å². The molecule has 0 bridgehead atoms. The van der Waals surface area contributed by atoms with Crippen LogP contribution in [0.1, 0.15) is 29.7 Å². The number of aliphatic imine (C=N–C) groups is 1. The van der Waals surface area contributed by atoms with E-state index in [0.29, 0.717) is 0 Å². The summed E-state index contributed by atoms with van der Waals surface area (Å²) in [6, 6.07) is 21.0. The molecule has 0 fully saturated rings. The van der Waals surface area contributed by atoms with Crippen molar-refractivity contribution in [3.8, 4) is 0 Å². The van der Waals surface area contributed by atoms with E-state index in [1.807, 2.05) is 18.1 Å². The van der Waals surface area contributed by atoms with Crippen molar-refractivity contribution in [3.05, 3.63) is 71.8 Å². The zero-order valence-corrected chi connectivity index (χ0v) is 14.3. The fourth-order valence-corrected chi connectivity index (χ4v) is 3.67. The number of nitrogens with zero attached hydrogens (tertiary/aromatic N) is 3. The Morgan fingerprint density at radius 3 is 2.35 bits per heavy atom. The SMILES string of the molecule is CCCN=C1SC(c2ccccc2)C(c2ccccc2)=NN1C. The molecule has 0 radical (unpaired) electrons. The highest BCUT2D eigenvalue weighted by molar-refractivity contribution is 8.14. The number of amidine groups is 1. The third-order valence-electron chi connectivity index (χ3n) is 3.65. The van der Waals surface area contributed by atoms with Gasteiger partial charge in [-0.05, 0) is 17.5 Å². The summed E-state index contributed by atoms with van der Waals surface area (Å²) in [7, 11) is 1.98. The van der Waals surface area contributed by atoms with E-state index in [4.69, 9.17) is 5.10 Å². The molecule has 4 heteroatoms. The van der Waals surface area contributed by atoms with Gasteiger partial charge in [0.05, 0.1) is 11.0 Å². The molecule has 23 heavy (non-hydrogen) atoms. The van der Waals surface area contributed by atoms with Gasteiger partial charge in [-0.15, -0.1) is 0 Å². The topological polar surface area (TPSA) is 28.0 Å². The van der Waals surface area contributed by atoms with Crippen LogP contribution in [-0.2, 0) is 0 Å². The largest absolute Gasteiger partial charge is 0.261 e. The van der Waals surface area contributed by atoms with Crippen LogP contribution in [0, 0.1) is 0 Å². The van der Waals surface area contributed by atoms with Gasteiger partial charge in [-0.1, -0.05) is 79.3 Å². The Morgan fingerprint density at radius 2 is 1.70 bits per heavy atom. The van der Waals surface area contributed by atoms with Crippen LogP contribution >= 0.6 is 11.8 Å². The first-order valence-corrected chi connectivity index (χ1v) is 8.81. The van der Waals surface area contributed by atoms with Gasteiger partial charge in [0.1, 0.15) is 0 Å². The van der Waals surface area contributed by atoms with Crippen LogP contribution in [0.2, 0.25) is 0 Å². The first-order valence-electron chi connectivity index (χ1n) is 7.93. The van der Waals surface area contributed by atoms with Gasteiger partial charge in [0.2, 0.25) is 0 Å². The summed E-state index contributed by atoms with van der Waals surface area (Å²) in [6.45, 7) is 2.98. The van der Waals surface area contributed by atoms with Gasteiger partial charge in [0.25, 0.3) is 0 Å². The van der Waals surface area contributed by atoms with Crippen molar-refractivity contribution in [2.45, 2.75) is 18.6 Å². The van der Waals surface area contributed by atoms with E-state index in [0.717, 1.165) is 29.4 Å². The molecule has 3 nitrogen and oxygen atoms in total. The second kappa shape index (κ2) is 7.47. The highest BCUT2D eigenvalue weighted by Crippen LogP contribution is 2.38. The zero-order chi connectivity index (χ0) is 16.1. The molecule has 1 atom stereocenters. The molecule has 0 aromatic heterocycles. The molecule has 1 unspecified atom stereocenters. The Labute approximate surface area is 142 Å². The predicted octanol–water partition coefficient (Wildman–Crippen LogP) is 4.58. The molecular formula is C19H21N3S. The second-order valence-electron chi connectivity index (χ2n) is 5.45. The number of hydrazone groups is 1. The molecule has 0 aliphatic carbocycles. The molecule has 118 valence electrons. The normalized spacial score (nSPS) is 19.7. The Balaban J connectivity index is 2.03. The minimum absolute atomic E-state index is 0.172. The Morgan fingerprint density at radius 1 is 1.04 bits per heavy atom. The van der Waals surface area contributed by atoms with Crippen molar-refractivity contribution in [2.75, 3.05) is 13.6 Å². The molecule has 0 N–H and O–H groups in total. The van der Waals surface area contributed by atoms with Crippen molar-refractivity contribution < 1.29 is 0 Å². The predicted molar refractivity (Wildman–Crippen MR) is 100 cm³/mol. The number of rotatable bonds is 4. The maximum Gasteiger partial charge on any atom is 0.180 e. The summed E-state index contributed by atoms with van der Waals surface area (Å²) in [5.41, 5.74) is 3.51. The van der Waals surface area contributed by atoms with Gasteiger partial charge >= 0.3 is 0 Å². The lowest BCUT2D eigenvalue weighted by Crippen LogP contribution is -2.30. The summed E-state index contributed by atoms with van der Waals surface area (Å²) in [4.78, 5) is 4.69. The molecule has 0 saturated carbocycles. The second-order valence-corrected chi connectivity index (χ2v) is 6.52. The van der Waals surface area contributed by atoms with E-state index >= 15 is 0 Å². The van der Waals surface area contributed by atoms with Crippen LogP contribution in [0.5, 0.6) is 0 Å². The average molecular weight is 323 g/mol. The highest BCUT2D eigenvalue weighted by atomic mass is 32.2. The number of hydrogen-bond donors (Lipinski definition) is 0. The number of hydrogen-bond acceptors (Lipinski definition) is 3. The monoisotopic (exact) mass is 323 g/mol. The molecule has 2 aromatic rings. The first-order chi connectivity index (χ1) is 11.3. The Bertz CT molecular complexity index is 695. The van der Waals surface area contributed by atoms with Crippen LogP contribution in [0.25, 0.3) is 0 Å². The third kappa shape index (κ3) is 3.64. The van der Waals surface area contributed by atoms with Crippen molar-refractivity contribution in [1.29, 1.82) is 0 Å².